The van der Waals surface area contributed by atoms with Gasteiger partial charge in [0.1, 0.15) is 0 Å². The number of likely N-dealkylation sites (tertiary alicyclic amines) is 1. The normalized spacial score (nSPS) is 34.7. The lowest BCUT2D eigenvalue weighted by molar-refractivity contribution is 0.00154. The Morgan fingerprint density at radius 3 is 2.67 bits per heavy atom. The molecule has 130 valence electrons. The van der Waals surface area contributed by atoms with Crippen molar-refractivity contribution in [3.05, 3.63) is 35.4 Å². The van der Waals surface area contributed by atoms with E-state index in [9.17, 15) is 9.90 Å². The van der Waals surface area contributed by atoms with Gasteiger partial charge in [0.2, 0.25) is 0 Å². The van der Waals surface area contributed by atoms with Crippen LogP contribution in [-0.4, -0.2) is 47.3 Å². The van der Waals surface area contributed by atoms with Crippen molar-refractivity contribution in [1.82, 2.24) is 4.90 Å². The minimum atomic E-state index is -0.195. The van der Waals surface area contributed by atoms with Crippen molar-refractivity contribution in [1.29, 1.82) is 0 Å². The van der Waals surface area contributed by atoms with Crippen molar-refractivity contribution in [2.75, 3.05) is 19.7 Å². The van der Waals surface area contributed by atoms with Gasteiger partial charge < -0.3 is 14.7 Å². The molecule has 0 aromatic heterocycles. The van der Waals surface area contributed by atoms with Crippen molar-refractivity contribution in [3.8, 4) is 0 Å². The summed E-state index contributed by atoms with van der Waals surface area (Å²) < 4.78 is 6.21. The number of rotatable bonds is 2. The van der Waals surface area contributed by atoms with E-state index in [1.165, 1.54) is 5.56 Å². The number of hydrogen-bond donors (Lipinski definition) is 1. The lowest BCUT2D eigenvalue weighted by Gasteiger charge is -2.27. The number of ether oxygens (including phenoxy) is 1. The van der Waals surface area contributed by atoms with Gasteiger partial charge in [-0.15, -0.1) is 0 Å². The topological polar surface area (TPSA) is 49.8 Å². The SMILES string of the molecule is CC(C)(C)c1ccc(C(=O)N2C[C@@H]3[C@H](CO)[C@H]4CC[C@]3(C2)O4)cc1. The minimum Gasteiger partial charge on any atom is -0.396 e. The average Bonchev–Trinajstić information content (AvgIpc) is 3.20. The van der Waals surface area contributed by atoms with Gasteiger partial charge in [0.25, 0.3) is 5.91 Å². The molecule has 4 nitrogen and oxygen atoms in total. The van der Waals surface area contributed by atoms with E-state index in [1.54, 1.807) is 0 Å². The first-order chi connectivity index (χ1) is 11.3. The zero-order valence-corrected chi connectivity index (χ0v) is 14.8. The summed E-state index contributed by atoms with van der Waals surface area (Å²) in [4.78, 5) is 14.8. The summed E-state index contributed by atoms with van der Waals surface area (Å²) in [7, 11) is 0. The summed E-state index contributed by atoms with van der Waals surface area (Å²) in [6.45, 7) is 8.07. The molecule has 4 rings (SSSR count). The molecule has 2 bridgehead atoms. The van der Waals surface area contributed by atoms with Crippen molar-refractivity contribution < 1.29 is 14.6 Å². The average molecular weight is 329 g/mol. The number of carbonyl (C=O) groups excluding carboxylic acids is 1. The molecule has 4 heteroatoms. The predicted molar refractivity (Wildman–Crippen MR) is 91.9 cm³/mol. The number of fused-ring (bicyclic) bond motifs is 1. The first-order valence-corrected chi connectivity index (χ1v) is 9.02. The molecular weight excluding hydrogens is 302 g/mol. The van der Waals surface area contributed by atoms with Crippen LogP contribution in [0.2, 0.25) is 0 Å². The number of aliphatic hydroxyl groups is 1. The van der Waals surface area contributed by atoms with Gasteiger partial charge in [-0.05, 0) is 36.0 Å². The van der Waals surface area contributed by atoms with Crippen LogP contribution in [0.3, 0.4) is 0 Å². The van der Waals surface area contributed by atoms with Crippen molar-refractivity contribution in [2.24, 2.45) is 11.8 Å². The predicted octanol–water partition coefficient (Wildman–Crippen LogP) is 2.60. The molecule has 1 aromatic rings. The Morgan fingerprint density at radius 1 is 1.33 bits per heavy atom. The fourth-order valence-corrected chi connectivity index (χ4v) is 4.88. The molecular formula is C20H27NO3. The molecule has 3 aliphatic rings. The number of nitrogens with zero attached hydrogens (tertiary/aromatic N) is 1. The third-order valence-electron chi connectivity index (χ3n) is 6.28. The van der Waals surface area contributed by atoms with Gasteiger partial charge in [0.05, 0.1) is 18.2 Å². The van der Waals surface area contributed by atoms with Crippen LogP contribution >= 0.6 is 0 Å². The van der Waals surface area contributed by atoms with Crippen molar-refractivity contribution in [3.63, 3.8) is 0 Å². The van der Waals surface area contributed by atoms with E-state index in [1.807, 2.05) is 17.0 Å². The molecule has 3 aliphatic heterocycles. The second-order valence-corrected chi connectivity index (χ2v) is 8.73. The van der Waals surface area contributed by atoms with E-state index in [0.717, 1.165) is 18.4 Å². The zero-order valence-electron chi connectivity index (χ0n) is 14.8. The Bertz CT molecular complexity index is 648. The van der Waals surface area contributed by atoms with Crippen LogP contribution in [0.15, 0.2) is 24.3 Å². The van der Waals surface area contributed by atoms with Crippen LogP contribution < -0.4 is 0 Å². The Morgan fingerprint density at radius 2 is 2.04 bits per heavy atom. The van der Waals surface area contributed by atoms with E-state index < -0.39 is 0 Å². The Balaban J connectivity index is 1.52. The first-order valence-electron chi connectivity index (χ1n) is 9.02. The third-order valence-corrected chi connectivity index (χ3v) is 6.28. The van der Waals surface area contributed by atoms with Gasteiger partial charge in [-0.1, -0.05) is 32.9 Å². The van der Waals surface area contributed by atoms with Gasteiger partial charge in [0, 0.05) is 30.6 Å². The lowest BCUT2D eigenvalue weighted by Crippen LogP contribution is -2.38. The molecule has 4 atom stereocenters. The molecule has 1 N–H and O–H groups in total. The summed E-state index contributed by atoms with van der Waals surface area (Å²) in [6.07, 6.45) is 2.23. The monoisotopic (exact) mass is 329 g/mol. The molecule has 0 radical (unpaired) electrons. The lowest BCUT2D eigenvalue weighted by atomic mass is 9.74. The van der Waals surface area contributed by atoms with Crippen LogP contribution in [0.5, 0.6) is 0 Å². The molecule has 0 unspecified atom stereocenters. The molecule has 1 spiro atoms. The highest BCUT2D eigenvalue weighted by molar-refractivity contribution is 5.94. The van der Waals surface area contributed by atoms with Gasteiger partial charge in [-0.25, -0.2) is 0 Å². The Kier molecular flexibility index (Phi) is 3.56. The van der Waals surface area contributed by atoms with Crippen LogP contribution in [0, 0.1) is 11.8 Å². The number of hydrogen-bond acceptors (Lipinski definition) is 3. The van der Waals surface area contributed by atoms with Gasteiger partial charge >= 0.3 is 0 Å². The van der Waals surface area contributed by atoms with Gasteiger partial charge in [-0.3, -0.25) is 4.79 Å². The molecule has 1 aromatic carbocycles. The van der Waals surface area contributed by atoms with E-state index in [0.29, 0.717) is 19.0 Å². The van der Waals surface area contributed by atoms with E-state index in [4.69, 9.17) is 4.74 Å². The summed E-state index contributed by atoms with van der Waals surface area (Å²) in [5.41, 5.74) is 1.87. The van der Waals surface area contributed by atoms with Gasteiger partial charge in [-0.2, -0.15) is 0 Å². The second kappa shape index (κ2) is 5.30. The van der Waals surface area contributed by atoms with Crippen LogP contribution in [0.1, 0.15) is 49.5 Å². The molecule has 0 saturated carbocycles. The Labute approximate surface area is 143 Å². The fraction of sp³-hybridized carbons (Fsp3) is 0.650. The maximum Gasteiger partial charge on any atom is 0.253 e. The van der Waals surface area contributed by atoms with E-state index in [-0.39, 0.29) is 35.6 Å². The highest BCUT2D eigenvalue weighted by atomic mass is 16.5. The number of benzene rings is 1. The minimum absolute atomic E-state index is 0.0861. The Hall–Kier alpha value is -1.39. The zero-order chi connectivity index (χ0) is 17.1. The second-order valence-electron chi connectivity index (χ2n) is 8.73. The molecule has 24 heavy (non-hydrogen) atoms. The summed E-state index contributed by atoms with van der Waals surface area (Å²) >= 11 is 0. The maximum atomic E-state index is 12.9. The van der Waals surface area contributed by atoms with E-state index in [2.05, 4.69) is 32.9 Å². The fourth-order valence-electron chi connectivity index (χ4n) is 4.88. The highest BCUT2D eigenvalue weighted by Gasteiger charge is 2.63. The molecule has 3 saturated heterocycles. The van der Waals surface area contributed by atoms with Crippen LogP contribution in [0.4, 0.5) is 0 Å². The van der Waals surface area contributed by atoms with Gasteiger partial charge in [0.15, 0.2) is 0 Å². The largest absolute Gasteiger partial charge is 0.396 e. The maximum absolute atomic E-state index is 12.9. The number of aliphatic hydroxyl groups excluding tert-OH is 1. The summed E-state index contributed by atoms with van der Waals surface area (Å²) in [5.74, 6) is 0.571. The van der Waals surface area contributed by atoms with Crippen molar-refractivity contribution >= 4 is 5.91 Å². The van der Waals surface area contributed by atoms with Crippen molar-refractivity contribution in [2.45, 2.75) is 50.7 Å². The molecule has 1 amide bonds. The highest BCUT2D eigenvalue weighted by Crippen LogP contribution is 2.54. The third kappa shape index (κ3) is 2.31. The molecule has 3 fully saturated rings. The number of amides is 1. The smallest absolute Gasteiger partial charge is 0.253 e. The quantitative estimate of drug-likeness (QED) is 0.907. The van der Waals surface area contributed by atoms with Crippen LogP contribution in [-0.2, 0) is 10.2 Å². The standard InChI is InChI=1S/C20H27NO3/c1-19(2,3)14-6-4-13(5-7-14)18(23)21-10-16-15(11-22)17-8-9-20(16,12-21)24-17/h4-7,15-17,22H,8-12H2,1-3H3/t15-,16+,17+,20+/m0/s1. The summed E-state index contributed by atoms with van der Waals surface area (Å²) in [5, 5.41) is 9.70. The van der Waals surface area contributed by atoms with E-state index >= 15 is 0 Å². The first kappa shape index (κ1) is 16.1. The summed E-state index contributed by atoms with van der Waals surface area (Å²) in [6, 6.07) is 8.00. The molecule has 3 heterocycles. The molecule has 0 aliphatic carbocycles. The van der Waals surface area contributed by atoms with Crippen LogP contribution in [0.25, 0.3) is 0 Å². The number of carbonyl (C=O) groups is 1.